The van der Waals surface area contributed by atoms with Gasteiger partial charge in [-0.2, -0.15) is 36.4 Å². The fourth-order valence-electron chi connectivity index (χ4n) is 1.34. The Bertz CT molecular complexity index is 384. The summed E-state index contributed by atoms with van der Waals surface area (Å²) in [4.78, 5) is 11.2. The molecule has 0 spiro atoms. The Kier molecular flexibility index (Phi) is 5.74. The summed E-state index contributed by atoms with van der Waals surface area (Å²) in [5, 5.41) is 2.92. The maximum Gasteiger partial charge on any atom is 2.00 e. The molecule has 17 heavy (non-hydrogen) atoms. The van der Waals surface area contributed by atoms with Crippen LogP contribution in [0.1, 0.15) is 23.2 Å². The van der Waals surface area contributed by atoms with Gasteiger partial charge >= 0.3 is 17.1 Å². The molecule has 0 aromatic heterocycles. The third kappa shape index (κ3) is 5.03. The van der Waals surface area contributed by atoms with Crippen LogP contribution < -0.4 is 5.32 Å². The number of rotatable bonds is 2. The molecule has 0 unspecified atom stereocenters. The quantitative estimate of drug-likeness (QED) is 0.659. The Morgan fingerprint density at radius 1 is 1.18 bits per heavy atom. The van der Waals surface area contributed by atoms with E-state index in [-0.39, 0.29) is 23.0 Å². The van der Waals surface area contributed by atoms with E-state index in [2.05, 4.69) is 5.32 Å². The van der Waals surface area contributed by atoms with Crippen LogP contribution in [-0.4, -0.2) is 11.9 Å². The molecule has 2 nitrogen and oxygen atoms in total. The summed E-state index contributed by atoms with van der Waals surface area (Å²) >= 11 is 0. The van der Waals surface area contributed by atoms with Crippen molar-refractivity contribution < 1.29 is 21.9 Å². The summed E-state index contributed by atoms with van der Waals surface area (Å²) in [7, 11) is 0. The first kappa shape index (κ1) is 13.8. The zero-order chi connectivity index (χ0) is 11.2. The van der Waals surface area contributed by atoms with Crippen molar-refractivity contribution in [2.24, 2.45) is 0 Å². The molecule has 0 heterocycles. The molecule has 1 N–H and O–H groups in total. The molecule has 0 saturated heterocycles. The van der Waals surface area contributed by atoms with Crippen LogP contribution >= 0.6 is 0 Å². The van der Waals surface area contributed by atoms with E-state index in [4.69, 9.17) is 0 Å². The third-order valence-corrected chi connectivity index (χ3v) is 2.39. The van der Waals surface area contributed by atoms with E-state index >= 15 is 0 Å². The van der Waals surface area contributed by atoms with Gasteiger partial charge in [0, 0.05) is 6.04 Å². The molecule has 1 aliphatic rings. The van der Waals surface area contributed by atoms with Crippen molar-refractivity contribution >= 4 is 5.91 Å². The minimum absolute atomic E-state index is 0. The van der Waals surface area contributed by atoms with Gasteiger partial charge in [-0.1, -0.05) is 5.56 Å². The van der Waals surface area contributed by atoms with E-state index in [9.17, 15) is 4.79 Å². The molecule has 1 amide bonds. The van der Waals surface area contributed by atoms with E-state index in [1.54, 1.807) is 0 Å². The van der Waals surface area contributed by atoms with E-state index in [1.807, 2.05) is 54.6 Å². The first-order chi connectivity index (χ1) is 7.86. The standard InChI is InChI=1S/C9H10NO.C5H5.Fe/c11-9(10-8-5-6-8)7-3-1-2-4-7;1-2-4-5-3-1;/h1-4,8H,5-6H2,(H,10,11);1-5H;/q2*-1;+2. The van der Waals surface area contributed by atoms with E-state index in [0.717, 1.165) is 18.4 Å². The summed E-state index contributed by atoms with van der Waals surface area (Å²) in [6.07, 6.45) is 2.29. The molecule has 0 radical (unpaired) electrons. The number of carbonyl (C=O) groups excluding carboxylic acids is 1. The van der Waals surface area contributed by atoms with Gasteiger partial charge in [-0.15, -0.1) is 6.07 Å². The summed E-state index contributed by atoms with van der Waals surface area (Å²) in [6, 6.07) is 17.9. The summed E-state index contributed by atoms with van der Waals surface area (Å²) < 4.78 is 0. The van der Waals surface area contributed by atoms with E-state index in [1.165, 1.54) is 0 Å². The van der Waals surface area contributed by atoms with Crippen LogP contribution in [0.3, 0.4) is 0 Å². The average Bonchev–Trinajstić information content (AvgIpc) is 2.87. The second-order valence-electron chi connectivity index (χ2n) is 3.88. The molecule has 1 fully saturated rings. The molecule has 2 aromatic rings. The second-order valence-corrected chi connectivity index (χ2v) is 3.88. The van der Waals surface area contributed by atoms with Crippen molar-refractivity contribution in [3.63, 3.8) is 0 Å². The van der Waals surface area contributed by atoms with Crippen LogP contribution in [0.15, 0.2) is 54.6 Å². The molecule has 0 bridgehead atoms. The van der Waals surface area contributed by atoms with Crippen LogP contribution in [-0.2, 0) is 17.1 Å². The molecule has 2 aromatic carbocycles. The van der Waals surface area contributed by atoms with Crippen molar-refractivity contribution in [2.45, 2.75) is 18.9 Å². The van der Waals surface area contributed by atoms with Crippen molar-refractivity contribution in [3.05, 3.63) is 60.2 Å². The molecular formula is C14H15FeNO. The molecule has 1 saturated carbocycles. The smallest absolute Gasteiger partial charge is 0.389 e. The van der Waals surface area contributed by atoms with Gasteiger partial charge in [-0.05, 0) is 12.8 Å². The van der Waals surface area contributed by atoms with Crippen molar-refractivity contribution in [3.8, 4) is 0 Å². The molecule has 1 aliphatic carbocycles. The minimum atomic E-state index is 0. The fraction of sp³-hybridized carbons (Fsp3) is 0.214. The maximum atomic E-state index is 11.2. The van der Waals surface area contributed by atoms with Crippen LogP contribution in [0.5, 0.6) is 0 Å². The molecule has 90 valence electrons. The SMILES string of the molecule is O=C(NC1CC1)c1ccc[cH-]1.[Fe+2].c1cc[cH-]c1. The Balaban J connectivity index is 0.000000205. The van der Waals surface area contributed by atoms with E-state index < -0.39 is 0 Å². The number of carbonyl (C=O) groups is 1. The first-order valence-corrected chi connectivity index (χ1v) is 5.55. The summed E-state index contributed by atoms with van der Waals surface area (Å²) in [6.45, 7) is 0. The fourth-order valence-corrected chi connectivity index (χ4v) is 1.34. The predicted molar refractivity (Wildman–Crippen MR) is 64.6 cm³/mol. The maximum absolute atomic E-state index is 11.2. The monoisotopic (exact) mass is 269 g/mol. The average molecular weight is 269 g/mol. The van der Waals surface area contributed by atoms with Gasteiger partial charge in [0.1, 0.15) is 0 Å². The largest absolute Gasteiger partial charge is 2.00 e. The van der Waals surface area contributed by atoms with Gasteiger partial charge in [0.05, 0.1) is 0 Å². The Hall–Kier alpha value is -1.31. The molecular weight excluding hydrogens is 254 g/mol. The van der Waals surface area contributed by atoms with Crippen LogP contribution in [0, 0.1) is 0 Å². The van der Waals surface area contributed by atoms with Crippen LogP contribution in [0.4, 0.5) is 0 Å². The van der Waals surface area contributed by atoms with Crippen molar-refractivity contribution in [1.29, 1.82) is 0 Å². The Labute approximate surface area is 112 Å². The van der Waals surface area contributed by atoms with E-state index in [0.29, 0.717) is 6.04 Å². The molecule has 3 heteroatoms. The normalized spacial score (nSPS) is 12.9. The van der Waals surface area contributed by atoms with Crippen LogP contribution in [0.2, 0.25) is 0 Å². The summed E-state index contributed by atoms with van der Waals surface area (Å²) in [5.41, 5.74) is 0.775. The van der Waals surface area contributed by atoms with Gasteiger partial charge in [0.15, 0.2) is 5.91 Å². The zero-order valence-electron chi connectivity index (χ0n) is 9.45. The predicted octanol–water partition coefficient (Wildman–Crippen LogP) is 2.70. The first-order valence-electron chi connectivity index (χ1n) is 5.55. The Morgan fingerprint density at radius 3 is 2.29 bits per heavy atom. The molecule has 0 atom stereocenters. The zero-order valence-corrected chi connectivity index (χ0v) is 10.6. The van der Waals surface area contributed by atoms with Gasteiger partial charge in [-0.25, -0.2) is 12.1 Å². The topological polar surface area (TPSA) is 29.1 Å². The number of hydrogen-bond acceptors (Lipinski definition) is 1. The second kappa shape index (κ2) is 7.10. The van der Waals surface area contributed by atoms with Crippen molar-refractivity contribution in [1.82, 2.24) is 5.32 Å². The third-order valence-electron chi connectivity index (χ3n) is 2.39. The van der Waals surface area contributed by atoms with Gasteiger partial charge in [0.2, 0.25) is 0 Å². The van der Waals surface area contributed by atoms with Gasteiger partial charge in [-0.3, -0.25) is 0 Å². The minimum Gasteiger partial charge on any atom is -0.389 e. The summed E-state index contributed by atoms with van der Waals surface area (Å²) in [5.74, 6) is 0.0671. The van der Waals surface area contributed by atoms with Crippen LogP contribution in [0.25, 0.3) is 0 Å². The molecule has 3 rings (SSSR count). The van der Waals surface area contributed by atoms with Gasteiger partial charge < -0.3 is 10.1 Å². The van der Waals surface area contributed by atoms with Crippen molar-refractivity contribution in [2.75, 3.05) is 0 Å². The number of amides is 1. The molecule has 0 aliphatic heterocycles. The van der Waals surface area contributed by atoms with Gasteiger partial charge in [0.25, 0.3) is 0 Å². The number of hydrogen-bond donors (Lipinski definition) is 1. The number of nitrogens with one attached hydrogen (secondary N) is 1. The Morgan fingerprint density at radius 2 is 1.88 bits per heavy atom.